The second-order valence-corrected chi connectivity index (χ2v) is 6.67. The minimum atomic E-state index is 0.315. The summed E-state index contributed by atoms with van der Waals surface area (Å²) in [5.74, 6) is 0. The van der Waals surface area contributed by atoms with Gasteiger partial charge >= 0.3 is 0 Å². The van der Waals surface area contributed by atoms with Crippen molar-refractivity contribution in [2.75, 3.05) is 26.7 Å². The minimum absolute atomic E-state index is 0.315. The van der Waals surface area contributed by atoms with E-state index in [1.54, 1.807) is 0 Å². The van der Waals surface area contributed by atoms with E-state index in [-0.39, 0.29) is 0 Å². The number of likely N-dealkylation sites (N-methyl/N-ethyl adjacent to an activating group) is 1. The molecule has 0 fully saturated rings. The fraction of sp³-hybridized carbons (Fsp3) is 0.647. The molecule has 2 heteroatoms. The molecule has 0 spiro atoms. The molecule has 1 aromatic rings. The van der Waals surface area contributed by atoms with Crippen molar-refractivity contribution in [2.24, 2.45) is 5.41 Å². The zero-order valence-electron chi connectivity index (χ0n) is 13.2. The fourth-order valence-electron chi connectivity index (χ4n) is 2.31. The molecule has 0 aliphatic heterocycles. The lowest BCUT2D eigenvalue weighted by molar-refractivity contribution is 0.202. The van der Waals surface area contributed by atoms with E-state index in [0.29, 0.717) is 11.5 Å². The predicted octanol–water partition coefficient (Wildman–Crippen LogP) is 3.19. The van der Waals surface area contributed by atoms with Crippen molar-refractivity contribution < 1.29 is 0 Å². The maximum atomic E-state index is 3.54. The summed E-state index contributed by atoms with van der Waals surface area (Å²) in [7, 11) is 2.22. The van der Waals surface area contributed by atoms with Gasteiger partial charge in [0.05, 0.1) is 0 Å². The molecular weight excluding hydrogens is 232 g/mol. The molecule has 0 bridgehead atoms. The van der Waals surface area contributed by atoms with Gasteiger partial charge in [0.1, 0.15) is 0 Å². The van der Waals surface area contributed by atoms with Gasteiger partial charge in [0.2, 0.25) is 0 Å². The van der Waals surface area contributed by atoms with Crippen LogP contribution < -0.4 is 5.32 Å². The van der Waals surface area contributed by atoms with Gasteiger partial charge in [0.25, 0.3) is 0 Å². The van der Waals surface area contributed by atoms with Crippen LogP contribution >= 0.6 is 0 Å². The van der Waals surface area contributed by atoms with E-state index in [0.717, 1.165) is 26.1 Å². The van der Waals surface area contributed by atoms with Gasteiger partial charge in [0, 0.05) is 25.7 Å². The normalized spacial score (nSPS) is 12.4. The van der Waals surface area contributed by atoms with Gasteiger partial charge < -0.3 is 10.2 Å². The molecule has 0 heterocycles. The van der Waals surface area contributed by atoms with Crippen LogP contribution in [0.2, 0.25) is 0 Å². The molecule has 0 saturated carbocycles. The van der Waals surface area contributed by atoms with E-state index in [4.69, 9.17) is 0 Å². The van der Waals surface area contributed by atoms with Gasteiger partial charge in [-0.1, -0.05) is 58.0 Å². The number of hydrogen-bond acceptors (Lipinski definition) is 2. The third-order valence-electron chi connectivity index (χ3n) is 3.31. The van der Waals surface area contributed by atoms with E-state index >= 15 is 0 Å². The van der Waals surface area contributed by atoms with Crippen LogP contribution in [0.3, 0.4) is 0 Å². The summed E-state index contributed by atoms with van der Waals surface area (Å²) in [6, 6.07) is 11.3. The lowest BCUT2D eigenvalue weighted by Crippen LogP contribution is -2.41. The molecule has 2 nitrogen and oxygen atoms in total. The van der Waals surface area contributed by atoms with Gasteiger partial charge in [-0.05, 0) is 24.4 Å². The Morgan fingerprint density at radius 2 is 1.79 bits per heavy atom. The molecule has 0 atom stereocenters. The van der Waals surface area contributed by atoms with Crippen LogP contribution in [-0.2, 0) is 6.42 Å². The minimum Gasteiger partial charge on any atom is -0.314 e. The van der Waals surface area contributed by atoms with Crippen molar-refractivity contribution >= 4 is 0 Å². The zero-order chi connectivity index (χ0) is 14.3. The summed E-state index contributed by atoms with van der Waals surface area (Å²) in [6.07, 6.45) is 1.13. The molecule has 108 valence electrons. The Morgan fingerprint density at radius 1 is 1.16 bits per heavy atom. The molecule has 19 heavy (non-hydrogen) atoms. The lowest BCUT2D eigenvalue weighted by atomic mass is 9.92. The Kier molecular flexibility index (Phi) is 6.53. The van der Waals surface area contributed by atoms with E-state index in [1.165, 1.54) is 5.56 Å². The SMILES string of the molecule is CC(C)NCC(C)(C)CN(C)CCc1ccccc1. The van der Waals surface area contributed by atoms with Crippen LogP contribution in [-0.4, -0.2) is 37.6 Å². The largest absolute Gasteiger partial charge is 0.314 e. The van der Waals surface area contributed by atoms with Crippen molar-refractivity contribution in [2.45, 2.75) is 40.2 Å². The Hall–Kier alpha value is -0.860. The monoisotopic (exact) mass is 262 g/mol. The molecule has 1 aromatic carbocycles. The molecule has 0 unspecified atom stereocenters. The summed E-state index contributed by atoms with van der Waals surface area (Å²) >= 11 is 0. The van der Waals surface area contributed by atoms with E-state index < -0.39 is 0 Å². The van der Waals surface area contributed by atoms with Crippen LogP contribution in [0, 0.1) is 5.41 Å². The maximum Gasteiger partial charge on any atom is 0.00419 e. The second kappa shape index (κ2) is 7.66. The number of nitrogens with one attached hydrogen (secondary N) is 1. The smallest absolute Gasteiger partial charge is 0.00419 e. The van der Waals surface area contributed by atoms with Crippen LogP contribution in [0.4, 0.5) is 0 Å². The molecule has 0 radical (unpaired) electrons. The topological polar surface area (TPSA) is 15.3 Å². The van der Waals surface area contributed by atoms with Gasteiger partial charge in [-0.3, -0.25) is 0 Å². The first-order valence-electron chi connectivity index (χ1n) is 7.35. The third kappa shape index (κ3) is 7.34. The number of benzene rings is 1. The van der Waals surface area contributed by atoms with E-state index in [2.05, 4.69) is 75.3 Å². The maximum absolute atomic E-state index is 3.54. The number of hydrogen-bond donors (Lipinski definition) is 1. The average molecular weight is 262 g/mol. The first kappa shape index (κ1) is 16.2. The van der Waals surface area contributed by atoms with Gasteiger partial charge in [-0.15, -0.1) is 0 Å². The van der Waals surface area contributed by atoms with Crippen LogP contribution in [0.25, 0.3) is 0 Å². The fourth-order valence-corrected chi connectivity index (χ4v) is 2.31. The van der Waals surface area contributed by atoms with Crippen LogP contribution in [0.1, 0.15) is 33.3 Å². The summed E-state index contributed by atoms with van der Waals surface area (Å²) in [5.41, 5.74) is 1.74. The zero-order valence-corrected chi connectivity index (χ0v) is 13.2. The number of rotatable bonds is 8. The summed E-state index contributed by atoms with van der Waals surface area (Å²) < 4.78 is 0. The summed E-state index contributed by atoms with van der Waals surface area (Å²) in [4.78, 5) is 2.44. The van der Waals surface area contributed by atoms with Crippen molar-refractivity contribution in [3.63, 3.8) is 0 Å². The van der Waals surface area contributed by atoms with Crippen molar-refractivity contribution in [1.29, 1.82) is 0 Å². The van der Waals surface area contributed by atoms with Crippen molar-refractivity contribution in [1.82, 2.24) is 10.2 Å². The van der Waals surface area contributed by atoms with Crippen molar-refractivity contribution in [3.8, 4) is 0 Å². The van der Waals surface area contributed by atoms with E-state index in [9.17, 15) is 0 Å². The molecular formula is C17H30N2. The number of nitrogens with zero attached hydrogens (tertiary/aromatic N) is 1. The highest BCUT2D eigenvalue weighted by molar-refractivity contribution is 5.14. The summed E-state index contributed by atoms with van der Waals surface area (Å²) in [6.45, 7) is 12.4. The highest BCUT2D eigenvalue weighted by Gasteiger charge is 2.20. The Labute approximate surface area is 119 Å². The highest BCUT2D eigenvalue weighted by atomic mass is 15.1. The third-order valence-corrected chi connectivity index (χ3v) is 3.31. The van der Waals surface area contributed by atoms with Crippen LogP contribution in [0.15, 0.2) is 30.3 Å². The lowest BCUT2D eigenvalue weighted by Gasteiger charge is -2.31. The Morgan fingerprint density at radius 3 is 2.37 bits per heavy atom. The molecule has 1 rings (SSSR count). The predicted molar refractivity (Wildman–Crippen MR) is 84.6 cm³/mol. The van der Waals surface area contributed by atoms with Gasteiger partial charge in [-0.25, -0.2) is 0 Å². The molecule has 0 saturated heterocycles. The Balaban J connectivity index is 2.31. The summed E-state index contributed by atoms with van der Waals surface area (Å²) in [5, 5.41) is 3.54. The highest BCUT2D eigenvalue weighted by Crippen LogP contribution is 2.15. The van der Waals surface area contributed by atoms with E-state index in [1.807, 2.05) is 0 Å². The molecule has 0 amide bonds. The van der Waals surface area contributed by atoms with Crippen LogP contribution in [0.5, 0.6) is 0 Å². The van der Waals surface area contributed by atoms with Crippen molar-refractivity contribution in [3.05, 3.63) is 35.9 Å². The molecule has 0 aliphatic rings. The first-order chi connectivity index (χ1) is 8.89. The Bertz CT molecular complexity index is 344. The molecule has 0 aromatic heterocycles. The quantitative estimate of drug-likeness (QED) is 0.774. The first-order valence-corrected chi connectivity index (χ1v) is 7.35. The second-order valence-electron chi connectivity index (χ2n) is 6.67. The molecule has 0 aliphatic carbocycles. The standard InChI is InChI=1S/C17H30N2/c1-15(2)18-13-17(3,4)14-19(5)12-11-16-9-7-6-8-10-16/h6-10,15,18H,11-14H2,1-5H3. The molecule has 1 N–H and O–H groups in total. The van der Waals surface area contributed by atoms with Gasteiger partial charge in [0.15, 0.2) is 0 Å². The van der Waals surface area contributed by atoms with Gasteiger partial charge in [-0.2, -0.15) is 0 Å². The average Bonchev–Trinajstić information content (AvgIpc) is 2.35.